The first-order chi connectivity index (χ1) is 11.0. The summed E-state index contributed by atoms with van der Waals surface area (Å²) in [5.74, 6) is 0. The fraction of sp³-hybridized carbons (Fsp3) is 0.350. The average Bonchev–Trinajstić information content (AvgIpc) is 2.45. The minimum absolute atomic E-state index is 0.167. The van der Waals surface area contributed by atoms with E-state index in [1.54, 1.807) is 0 Å². The summed E-state index contributed by atoms with van der Waals surface area (Å²) in [7, 11) is 0. The van der Waals surface area contributed by atoms with Crippen LogP contribution in [0.15, 0.2) is 45.6 Å². The summed E-state index contributed by atoms with van der Waals surface area (Å²) in [6, 6.07) is 12.2. The third-order valence-corrected chi connectivity index (χ3v) is 5.96. The minimum atomic E-state index is -0.261. The van der Waals surface area contributed by atoms with Crippen LogP contribution < -0.4 is 5.63 Å². The van der Waals surface area contributed by atoms with Crippen LogP contribution in [-0.4, -0.2) is 11.7 Å². The van der Waals surface area contributed by atoms with Gasteiger partial charge in [-0.1, -0.05) is 24.3 Å². The van der Waals surface area contributed by atoms with E-state index in [0.717, 1.165) is 35.6 Å². The van der Waals surface area contributed by atoms with Crippen LogP contribution >= 0.6 is 0 Å². The first-order valence-electron chi connectivity index (χ1n) is 8.13. The number of hydrogen-bond donors (Lipinski definition) is 1. The van der Waals surface area contributed by atoms with E-state index in [1.165, 1.54) is 5.56 Å². The first-order valence-corrected chi connectivity index (χ1v) is 8.13. The Morgan fingerprint density at radius 1 is 1.04 bits per heavy atom. The quantitative estimate of drug-likeness (QED) is 0.580. The number of fused-ring (bicyclic) bond motifs is 3. The van der Waals surface area contributed by atoms with Gasteiger partial charge in [-0.15, -0.1) is 0 Å². The maximum atomic E-state index is 12.4. The molecule has 0 spiro atoms. The maximum Gasteiger partial charge on any atom is 0.344 e. The van der Waals surface area contributed by atoms with Crippen molar-refractivity contribution in [2.24, 2.45) is 5.41 Å². The summed E-state index contributed by atoms with van der Waals surface area (Å²) >= 11 is 0. The zero-order valence-corrected chi connectivity index (χ0v) is 13.1. The molecule has 3 fully saturated rings. The van der Waals surface area contributed by atoms with Gasteiger partial charge in [0.15, 0.2) is 0 Å². The van der Waals surface area contributed by atoms with E-state index in [0.29, 0.717) is 11.0 Å². The lowest BCUT2D eigenvalue weighted by Crippen LogP contribution is -2.66. The predicted octanol–water partition coefficient (Wildman–Crippen LogP) is 3.67. The molecule has 23 heavy (non-hydrogen) atoms. The lowest BCUT2D eigenvalue weighted by molar-refractivity contribution is -0.167. The Labute approximate surface area is 133 Å². The van der Waals surface area contributed by atoms with Crippen molar-refractivity contribution in [3.05, 3.63) is 57.9 Å². The topological polar surface area (TPSA) is 50.4 Å². The van der Waals surface area contributed by atoms with Gasteiger partial charge in [-0.05, 0) is 65.7 Å². The SMILES string of the molecule is Cc1ccc2c(c1)oc(=O)c1cc(C34CC(CO)(C3)C4)ccc12. The largest absolute Gasteiger partial charge is 0.422 e. The van der Waals surface area contributed by atoms with E-state index >= 15 is 0 Å². The molecule has 0 unspecified atom stereocenters. The van der Waals surface area contributed by atoms with Crippen LogP contribution in [0.25, 0.3) is 21.7 Å². The molecule has 3 saturated carbocycles. The molecule has 1 heterocycles. The molecular formula is C20H18O3. The van der Waals surface area contributed by atoms with Crippen molar-refractivity contribution in [3.8, 4) is 0 Å². The normalized spacial score (nSPS) is 28.6. The monoisotopic (exact) mass is 306 g/mol. The zero-order chi connectivity index (χ0) is 15.8. The summed E-state index contributed by atoms with van der Waals surface area (Å²) < 4.78 is 5.53. The van der Waals surface area contributed by atoms with Crippen LogP contribution in [-0.2, 0) is 5.41 Å². The third-order valence-electron chi connectivity index (χ3n) is 5.96. The summed E-state index contributed by atoms with van der Waals surface area (Å²) in [5, 5.41) is 12.1. The molecule has 0 aliphatic heterocycles. The fourth-order valence-corrected chi connectivity index (χ4v) is 4.84. The Morgan fingerprint density at radius 2 is 1.78 bits per heavy atom. The lowest BCUT2D eigenvalue weighted by atomic mass is 9.34. The van der Waals surface area contributed by atoms with Gasteiger partial charge in [-0.3, -0.25) is 0 Å². The van der Waals surface area contributed by atoms with Crippen molar-refractivity contribution in [2.75, 3.05) is 6.61 Å². The molecule has 2 aromatic carbocycles. The third kappa shape index (κ3) is 1.61. The predicted molar refractivity (Wildman–Crippen MR) is 89.8 cm³/mol. The fourth-order valence-electron chi connectivity index (χ4n) is 4.84. The molecule has 3 nitrogen and oxygen atoms in total. The zero-order valence-electron chi connectivity index (χ0n) is 13.1. The van der Waals surface area contributed by atoms with Crippen molar-refractivity contribution < 1.29 is 9.52 Å². The molecule has 3 heteroatoms. The molecule has 0 atom stereocenters. The van der Waals surface area contributed by atoms with E-state index in [9.17, 15) is 9.90 Å². The molecule has 3 aliphatic carbocycles. The van der Waals surface area contributed by atoms with Gasteiger partial charge in [0, 0.05) is 12.0 Å². The van der Waals surface area contributed by atoms with Crippen molar-refractivity contribution >= 4 is 21.7 Å². The Morgan fingerprint density at radius 3 is 2.52 bits per heavy atom. The van der Waals surface area contributed by atoms with Gasteiger partial charge in [0.1, 0.15) is 5.58 Å². The maximum absolute atomic E-state index is 12.4. The number of aryl methyl sites for hydroxylation is 1. The van der Waals surface area contributed by atoms with Gasteiger partial charge in [0.2, 0.25) is 0 Å². The second-order valence-electron chi connectivity index (χ2n) is 7.62. The van der Waals surface area contributed by atoms with Crippen molar-refractivity contribution in [1.82, 2.24) is 0 Å². The van der Waals surface area contributed by atoms with Crippen LogP contribution in [0.5, 0.6) is 0 Å². The van der Waals surface area contributed by atoms with Crippen LogP contribution in [0, 0.1) is 12.3 Å². The second-order valence-corrected chi connectivity index (χ2v) is 7.62. The number of rotatable bonds is 2. The Balaban J connectivity index is 1.70. The number of hydrogen-bond acceptors (Lipinski definition) is 3. The molecular weight excluding hydrogens is 288 g/mol. The van der Waals surface area contributed by atoms with E-state index in [-0.39, 0.29) is 23.1 Å². The van der Waals surface area contributed by atoms with Gasteiger partial charge < -0.3 is 9.52 Å². The molecule has 3 aliphatic rings. The average molecular weight is 306 g/mol. The Bertz CT molecular complexity index is 1010. The van der Waals surface area contributed by atoms with E-state index in [1.807, 2.05) is 31.2 Å². The van der Waals surface area contributed by atoms with Crippen molar-refractivity contribution in [2.45, 2.75) is 31.6 Å². The molecule has 2 bridgehead atoms. The summed E-state index contributed by atoms with van der Waals surface area (Å²) in [6.07, 6.45) is 3.13. The minimum Gasteiger partial charge on any atom is -0.422 e. The molecule has 3 aromatic rings. The van der Waals surface area contributed by atoms with E-state index in [4.69, 9.17) is 4.42 Å². The van der Waals surface area contributed by atoms with Crippen LogP contribution in [0.1, 0.15) is 30.4 Å². The summed E-state index contributed by atoms with van der Waals surface area (Å²) in [5.41, 5.74) is 3.05. The molecule has 0 saturated heterocycles. The van der Waals surface area contributed by atoms with Crippen molar-refractivity contribution in [3.63, 3.8) is 0 Å². The lowest BCUT2D eigenvalue weighted by Gasteiger charge is -2.70. The molecule has 1 N–H and O–H groups in total. The van der Waals surface area contributed by atoms with Gasteiger partial charge in [-0.2, -0.15) is 0 Å². The van der Waals surface area contributed by atoms with Gasteiger partial charge in [0.25, 0.3) is 0 Å². The van der Waals surface area contributed by atoms with E-state index < -0.39 is 0 Å². The highest BCUT2D eigenvalue weighted by atomic mass is 16.4. The number of aliphatic hydroxyl groups excluding tert-OH is 1. The van der Waals surface area contributed by atoms with Crippen LogP contribution in [0.4, 0.5) is 0 Å². The van der Waals surface area contributed by atoms with E-state index in [2.05, 4.69) is 12.1 Å². The van der Waals surface area contributed by atoms with Crippen molar-refractivity contribution in [1.29, 1.82) is 0 Å². The Hall–Kier alpha value is -2.13. The number of benzene rings is 2. The molecule has 0 amide bonds. The highest BCUT2D eigenvalue weighted by Crippen LogP contribution is 2.73. The highest BCUT2D eigenvalue weighted by molar-refractivity contribution is 6.04. The van der Waals surface area contributed by atoms with Gasteiger partial charge in [-0.25, -0.2) is 4.79 Å². The number of aliphatic hydroxyl groups is 1. The first kappa shape index (κ1) is 13.3. The Kier molecular flexibility index (Phi) is 2.34. The van der Waals surface area contributed by atoms with Crippen LogP contribution in [0.2, 0.25) is 0 Å². The van der Waals surface area contributed by atoms with Gasteiger partial charge in [0.05, 0.1) is 5.39 Å². The molecule has 0 radical (unpaired) electrons. The summed E-state index contributed by atoms with van der Waals surface area (Å²) in [6.45, 7) is 2.28. The molecule has 116 valence electrons. The van der Waals surface area contributed by atoms with Crippen LogP contribution in [0.3, 0.4) is 0 Å². The van der Waals surface area contributed by atoms with Gasteiger partial charge >= 0.3 is 5.63 Å². The highest BCUT2D eigenvalue weighted by Gasteiger charge is 2.67. The molecule has 1 aromatic heterocycles. The molecule has 6 rings (SSSR count). The smallest absolute Gasteiger partial charge is 0.344 e. The standard InChI is InChI=1S/C20H18O3/c1-12-2-4-15-14-5-3-13(20-8-19(9-20,10-20)11-21)7-16(14)18(22)23-17(15)6-12/h2-7,21H,8-11H2,1H3. The second kappa shape index (κ2) is 4.04. The summed E-state index contributed by atoms with van der Waals surface area (Å²) in [4.78, 5) is 12.4.